The van der Waals surface area contributed by atoms with Crippen molar-refractivity contribution < 1.29 is 0 Å². The van der Waals surface area contributed by atoms with E-state index in [1.807, 2.05) is 0 Å². The van der Waals surface area contributed by atoms with Crippen molar-refractivity contribution in [3.8, 4) is 0 Å². The predicted molar refractivity (Wildman–Crippen MR) is 92.2 cm³/mol. The van der Waals surface area contributed by atoms with Crippen molar-refractivity contribution >= 4 is 22.6 Å². The molecule has 1 atom stereocenters. The molecule has 0 saturated heterocycles. The molecule has 0 N–H and O–H groups in total. The van der Waals surface area contributed by atoms with Gasteiger partial charge >= 0.3 is 0 Å². The molecule has 21 heavy (non-hydrogen) atoms. The molecular weight excluding hydrogens is 280 g/mol. The number of aromatic nitrogens is 2. The summed E-state index contributed by atoms with van der Waals surface area (Å²) in [4.78, 5) is 4.85. The first kappa shape index (κ1) is 16.4. The number of halogens is 1. The summed E-state index contributed by atoms with van der Waals surface area (Å²) >= 11 is 5.98. The standard InChI is InChI=1S/C18H27ClN2/c1-4-6-9-15(5-2)13-21-16-10-7-8-14(3)18(16)20-17(21)11-12-19/h7-8,10,15H,4-6,9,11-13H2,1-3H3. The fraction of sp³-hybridized carbons (Fsp3) is 0.611. The van der Waals surface area contributed by atoms with Gasteiger partial charge in [-0.05, 0) is 30.9 Å². The van der Waals surface area contributed by atoms with Crippen molar-refractivity contribution in [2.75, 3.05) is 5.88 Å². The van der Waals surface area contributed by atoms with Crippen LogP contribution in [0.2, 0.25) is 0 Å². The number of hydrogen-bond donors (Lipinski definition) is 0. The van der Waals surface area contributed by atoms with Crippen LogP contribution in [0.1, 0.15) is 50.9 Å². The number of alkyl halides is 1. The summed E-state index contributed by atoms with van der Waals surface area (Å²) < 4.78 is 2.41. The van der Waals surface area contributed by atoms with Gasteiger partial charge in [-0.15, -0.1) is 11.6 Å². The van der Waals surface area contributed by atoms with Gasteiger partial charge in [0.2, 0.25) is 0 Å². The topological polar surface area (TPSA) is 17.8 Å². The van der Waals surface area contributed by atoms with E-state index in [-0.39, 0.29) is 0 Å². The molecule has 0 aliphatic heterocycles. The Labute approximate surface area is 133 Å². The van der Waals surface area contributed by atoms with Crippen molar-refractivity contribution in [2.45, 2.75) is 59.4 Å². The fourth-order valence-corrected chi connectivity index (χ4v) is 3.16. The van der Waals surface area contributed by atoms with Gasteiger partial charge in [0, 0.05) is 18.8 Å². The van der Waals surface area contributed by atoms with E-state index >= 15 is 0 Å². The van der Waals surface area contributed by atoms with E-state index in [4.69, 9.17) is 16.6 Å². The van der Waals surface area contributed by atoms with Gasteiger partial charge in [0.1, 0.15) is 5.82 Å². The summed E-state index contributed by atoms with van der Waals surface area (Å²) in [6.45, 7) is 7.77. The number of nitrogens with zero attached hydrogens (tertiary/aromatic N) is 2. The summed E-state index contributed by atoms with van der Waals surface area (Å²) in [6, 6.07) is 6.46. The Hall–Kier alpha value is -1.02. The first-order valence-corrected chi connectivity index (χ1v) is 8.75. The van der Waals surface area contributed by atoms with Gasteiger partial charge in [-0.1, -0.05) is 45.2 Å². The molecule has 1 heterocycles. The van der Waals surface area contributed by atoms with Crippen molar-refractivity contribution in [3.05, 3.63) is 29.6 Å². The van der Waals surface area contributed by atoms with Crippen molar-refractivity contribution in [1.29, 1.82) is 0 Å². The smallest absolute Gasteiger partial charge is 0.111 e. The van der Waals surface area contributed by atoms with Crippen LogP contribution in [0.15, 0.2) is 18.2 Å². The van der Waals surface area contributed by atoms with E-state index in [1.165, 1.54) is 36.8 Å². The fourth-order valence-electron chi connectivity index (χ4n) is 2.99. The van der Waals surface area contributed by atoms with Crippen molar-refractivity contribution in [1.82, 2.24) is 9.55 Å². The van der Waals surface area contributed by atoms with Crippen LogP contribution in [0.4, 0.5) is 0 Å². The normalized spacial score (nSPS) is 13.0. The van der Waals surface area contributed by atoms with E-state index < -0.39 is 0 Å². The van der Waals surface area contributed by atoms with E-state index in [0.29, 0.717) is 5.88 Å². The number of benzene rings is 1. The van der Waals surface area contributed by atoms with Gasteiger partial charge in [-0.25, -0.2) is 4.98 Å². The number of para-hydroxylation sites is 1. The molecule has 0 aliphatic carbocycles. The van der Waals surface area contributed by atoms with Crippen molar-refractivity contribution in [3.63, 3.8) is 0 Å². The van der Waals surface area contributed by atoms with Gasteiger partial charge in [-0.2, -0.15) is 0 Å². The molecule has 0 aliphatic rings. The van der Waals surface area contributed by atoms with Crippen LogP contribution < -0.4 is 0 Å². The van der Waals surface area contributed by atoms with Crippen LogP contribution in [0, 0.1) is 12.8 Å². The molecule has 0 saturated carbocycles. The first-order valence-electron chi connectivity index (χ1n) is 8.21. The minimum absolute atomic E-state index is 0.633. The Balaban J connectivity index is 2.35. The third kappa shape index (κ3) is 3.79. The van der Waals surface area contributed by atoms with Gasteiger partial charge in [0.05, 0.1) is 11.0 Å². The summed E-state index contributed by atoms with van der Waals surface area (Å²) in [5, 5.41) is 0. The number of imidazole rings is 1. The SMILES string of the molecule is CCCCC(CC)Cn1c(CCCl)nc2c(C)cccc21. The van der Waals surface area contributed by atoms with Crippen LogP contribution in [0.25, 0.3) is 11.0 Å². The molecule has 0 spiro atoms. The van der Waals surface area contributed by atoms with E-state index in [9.17, 15) is 0 Å². The number of hydrogen-bond acceptors (Lipinski definition) is 1. The largest absolute Gasteiger partial charge is 0.328 e. The average molecular weight is 307 g/mol. The second kappa shape index (κ2) is 7.84. The number of aryl methyl sites for hydroxylation is 2. The summed E-state index contributed by atoms with van der Waals surface area (Å²) in [5.41, 5.74) is 3.66. The summed E-state index contributed by atoms with van der Waals surface area (Å²) in [7, 11) is 0. The average Bonchev–Trinajstić information content (AvgIpc) is 2.83. The van der Waals surface area contributed by atoms with E-state index in [0.717, 1.165) is 30.2 Å². The molecular formula is C18H27ClN2. The Bertz CT molecular complexity index is 574. The molecule has 0 amide bonds. The molecule has 2 aromatic rings. The van der Waals surface area contributed by atoms with Gasteiger partial charge < -0.3 is 4.57 Å². The molecule has 1 aromatic carbocycles. The maximum absolute atomic E-state index is 5.98. The highest BCUT2D eigenvalue weighted by Crippen LogP contribution is 2.24. The maximum atomic E-state index is 5.98. The number of rotatable bonds is 8. The molecule has 2 nitrogen and oxygen atoms in total. The Morgan fingerprint density at radius 2 is 2.10 bits per heavy atom. The van der Waals surface area contributed by atoms with Crippen LogP contribution in [0.5, 0.6) is 0 Å². The lowest BCUT2D eigenvalue weighted by molar-refractivity contribution is 0.390. The summed E-state index contributed by atoms with van der Waals surface area (Å²) in [5.74, 6) is 2.51. The van der Waals surface area contributed by atoms with E-state index in [2.05, 4.69) is 43.5 Å². The number of unbranched alkanes of at least 4 members (excludes halogenated alkanes) is 1. The zero-order valence-corrected chi connectivity index (χ0v) is 14.3. The highest BCUT2D eigenvalue weighted by atomic mass is 35.5. The van der Waals surface area contributed by atoms with Crippen LogP contribution >= 0.6 is 11.6 Å². The Kier molecular flexibility index (Phi) is 6.10. The molecule has 0 bridgehead atoms. The molecule has 1 unspecified atom stereocenters. The molecule has 0 radical (unpaired) electrons. The quantitative estimate of drug-likeness (QED) is 0.602. The van der Waals surface area contributed by atoms with Gasteiger partial charge in [0.25, 0.3) is 0 Å². The van der Waals surface area contributed by atoms with Crippen molar-refractivity contribution in [2.24, 2.45) is 5.92 Å². The lowest BCUT2D eigenvalue weighted by Gasteiger charge is -2.17. The lowest BCUT2D eigenvalue weighted by Crippen LogP contribution is -2.13. The Morgan fingerprint density at radius 1 is 1.29 bits per heavy atom. The van der Waals surface area contributed by atoms with E-state index in [1.54, 1.807) is 0 Å². The molecule has 2 rings (SSSR count). The molecule has 3 heteroatoms. The van der Waals surface area contributed by atoms with Gasteiger partial charge in [-0.3, -0.25) is 0 Å². The zero-order valence-electron chi connectivity index (χ0n) is 13.5. The van der Waals surface area contributed by atoms with Gasteiger partial charge in [0.15, 0.2) is 0 Å². The highest BCUT2D eigenvalue weighted by molar-refractivity contribution is 6.17. The van der Waals surface area contributed by atoms with Crippen LogP contribution in [-0.2, 0) is 13.0 Å². The lowest BCUT2D eigenvalue weighted by atomic mass is 9.99. The third-order valence-corrected chi connectivity index (χ3v) is 4.55. The Morgan fingerprint density at radius 3 is 2.76 bits per heavy atom. The minimum Gasteiger partial charge on any atom is -0.328 e. The van der Waals surface area contributed by atoms with Crippen LogP contribution in [-0.4, -0.2) is 15.4 Å². The molecule has 1 aromatic heterocycles. The molecule has 116 valence electrons. The zero-order chi connectivity index (χ0) is 15.2. The second-order valence-electron chi connectivity index (χ2n) is 5.94. The number of fused-ring (bicyclic) bond motifs is 1. The third-order valence-electron chi connectivity index (χ3n) is 4.36. The maximum Gasteiger partial charge on any atom is 0.111 e. The predicted octanol–water partition coefficient (Wildman–Crippen LogP) is 5.34. The monoisotopic (exact) mass is 306 g/mol. The minimum atomic E-state index is 0.633. The second-order valence-corrected chi connectivity index (χ2v) is 6.31. The summed E-state index contributed by atoms with van der Waals surface area (Å²) in [6.07, 6.45) is 5.97. The molecule has 0 fully saturated rings. The first-order chi connectivity index (χ1) is 10.2. The highest BCUT2D eigenvalue weighted by Gasteiger charge is 2.15. The van der Waals surface area contributed by atoms with Crippen LogP contribution in [0.3, 0.4) is 0 Å².